The monoisotopic (exact) mass is 361 g/mol. The number of amides is 1. The van der Waals surface area contributed by atoms with Crippen LogP contribution >= 0.6 is 15.9 Å². The van der Waals surface area contributed by atoms with E-state index < -0.39 is 0 Å². The molecule has 0 aromatic heterocycles. The van der Waals surface area contributed by atoms with Crippen LogP contribution in [0.5, 0.6) is 5.75 Å². The third-order valence-electron chi connectivity index (χ3n) is 3.05. The molecule has 2 rings (SSSR count). The summed E-state index contributed by atoms with van der Waals surface area (Å²) < 4.78 is 6.53. The molecular weight excluding hydrogens is 342 g/mol. The minimum absolute atomic E-state index is 0.153. The molecule has 2 aromatic carbocycles. The van der Waals surface area contributed by atoms with E-state index in [1.165, 1.54) is 0 Å². The Hall–Kier alpha value is -1.81. The van der Waals surface area contributed by atoms with Gasteiger partial charge in [-0.2, -0.15) is 0 Å². The highest BCUT2D eigenvalue weighted by atomic mass is 79.9. The SMILES string of the molecule is Cc1ccc(NC(=O)c2cccc(OCC(C)C)c2)c(Br)c1. The van der Waals surface area contributed by atoms with Gasteiger partial charge >= 0.3 is 0 Å². The normalized spacial score (nSPS) is 10.6. The summed E-state index contributed by atoms with van der Waals surface area (Å²) in [6.45, 7) is 6.82. The fourth-order valence-electron chi connectivity index (χ4n) is 1.91. The molecule has 116 valence electrons. The molecule has 0 aliphatic heterocycles. The number of hydrogen-bond donors (Lipinski definition) is 1. The molecule has 3 nitrogen and oxygen atoms in total. The summed E-state index contributed by atoms with van der Waals surface area (Å²) >= 11 is 3.46. The first kappa shape index (κ1) is 16.6. The molecule has 4 heteroatoms. The highest BCUT2D eigenvalue weighted by molar-refractivity contribution is 9.10. The van der Waals surface area contributed by atoms with Crippen LogP contribution in [0.15, 0.2) is 46.9 Å². The molecule has 0 aliphatic rings. The van der Waals surface area contributed by atoms with E-state index in [-0.39, 0.29) is 5.91 Å². The van der Waals surface area contributed by atoms with Crippen LogP contribution < -0.4 is 10.1 Å². The topological polar surface area (TPSA) is 38.3 Å². The summed E-state index contributed by atoms with van der Waals surface area (Å²) in [6, 6.07) is 13.0. The van der Waals surface area contributed by atoms with Crippen molar-refractivity contribution in [1.29, 1.82) is 0 Å². The third-order valence-corrected chi connectivity index (χ3v) is 3.71. The van der Waals surface area contributed by atoms with Crippen molar-refractivity contribution < 1.29 is 9.53 Å². The first-order chi connectivity index (χ1) is 10.5. The molecule has 0 aliphatic carbocycles. The van der Waals surface area contributed by atoms with Crippen LogP contribution in [-0.4, -0.2) is 12.5 Å². The van der Waals surface area contributed by atoms with Crippen molar-refractivity contribution in [1.82, 2.24) is 0 Å². The number of carbonyl (C=O) groups excluding carboxylic acids is 1. The first-order valence-corrected chi connectivity index (χ1v) is 8.05. The zero-order chi connectivity index (χ0) is 16.1. The smallest absolute Gasteiger partial charge is 0.255 e. The fraction of sp³-hybridized carbons (Fsp3) is 0.278. The van der Waals surface area contributed by atoms with Crippen LogP contribution in [0.1, 0.15) is 29.8 Å². The number of carbonyl (C=O) groups is 1. The molecule has 22 heavy (non-hydrogen) atoms. The summed E-state index contributed by atoms with van der Waals surface area (Å²) in [7, 11) is 0. The summed E-state index contributed by atoms with van der Waals surface area (Å²) in [6.07, 6.45) is 0. The highest BCUT2D eigenvalue weighted by Crippen LogP contribution is 2.24. The largest absolute Gasteiger partial charge is 0.493 e. The second-order valence-corrected chi connectivity index (χ2v) is 6.52. The first-order valence-electron chi connectivity index (χ1n) is 7.26. The number of ether oxygens (including phenoxy) is 1. The number of benzene rings is 2. The minimum atomic E-state index is -0.153. The van der Waals surface area contributed by atoms with Crippen LogP contribution in [0.3, 0.4) is 0 Å². The second-order valence-electron chi connectivity index (χ2n) is 5.67. The second kappa shape index (κ2) is 7.45. The van der Waals surface area contributed by atoms with Gasteiger partial charge in [-0.25, -0.2) is 0 Å². The highest BCUT2D eigenvalue weighted by Gasteiger charge is 2.09. The van der Waals surface area contributed by atoms with E-state index in [1.807, 2.05) is 37.3 Å². The van der Waals surface area contributed by atoms with Crippen molar-refractivity contribution in [3.05, 3.63) is 58.1 Å². The number of hydrogen-bond acceptors (Lipinski definition) is 2. The summed E-state index contributed by atoms with van der Waals surface area (Å²) in [5, 5.41) is 2.90. The third kappa shape index (κ3) is 4.60. The molecule has 0 saturated carbocycles. The van der Waals surface area contributed by atoms with E-state index in [2.05, 4.69) is 35.1 Å². The Balaban J connectivity index is 2.10. The van der Waals surface area contributed by atoms with Crippen molar-refractivity contribution >= 4 is 27.5 Å². The van der Waals surface area contributed by atoms with Gasteiger partial charge in [-0.3, -0.25) is 4.79 Å². The van der Waals surface area contributed by atoms with Crippen molar-refractivity contribution in [3.63, 3.8) is 0 Å². The fourth-order valence-corrected chi connectivity index (χ4v) is 2.50. The van der Waals surface area contributed by atoms with Crippen molar-refractivity contribution in [2.45, 2.75) is 20.8 Å². The quantitative estimate of drug-likeness (QED) is 0.809. The molecule has 0 unspecified atom stereocenters. The van der Waals surface area contributed by atoms with Crippen LogP contribution in [0.25, 0.3) is 0 Å². The standard InChI is InChI=1S/C18H20BrNO2/c1-12(2)11-22-15-6-4-5-14(10-15)18(21)20-17-8-7-13(3)9-16(17)19/h4-10,12H,11H2,1-3H3,(H,20,21). The van der Waals surface area contributed by atoms with Gasteiger partial charge in [0.05, 0.1) is 12.3 Å². The summed E-state index contributed by atoms with van der Waals surface area (Å²) in [5.41, 5.74) is 2.46. The van der Waals surface area contributed by atoms with Gasteiger partial charge in [0.2, 0.25) is 0 Å². The number of anilines is 1. The van der Waals surface area contributed by atoms with Crippen molar-refractivity contribution in [2.24, 2.45) is 5.92 Å². The molecule has 0 radical (unpaired) electrons. The number of nitrogens with one attached hydrogen (secondary N) is 1. The lowest BCUT2D eigenvalue weighted by atomic mass is 10.2. The van der Waals surface area contributed by atoms with Crippen molar-refractivity contribution in [2.75, 3.05) is 11.9 Å². The number of halogens is 1. The molecule has 0 spiro atoms. The lowest BCUT2D eigenvalue weighted by molar-refractivity contribution is 0.102. The van der Waals surface area contributed by atoms with Gasteiger partial charge < -0.3 is 10.1 Å². The summed E-state index contributed by atoms with van der Waals surface area (Å²) in [4.78, 5) is 12.4. The van der Waals surface area contributed by atoms with Gasteiger partial charge in [-0.15, -0.1) is 0 Å². The molecule has 1 N–H and O–H groups in total. The van der Waals surface area contributed by atoms with E-state index in [1.54, 1.807) is 12.1 Å². The average Bonchev–Trinajstić information content (AvgIpc) is 2.48. The maximum absolute atomic E-state index is 12.4. The predicted molar refractivity (Wildman–Crippen MR) is 93.6 cm³/mol. The van der Waals surface area contributed by atoms with Crippen LogP contribution in [0.2, 0.25) is 0 Å². The van der Waals surface area contributed by atoms with Gasteiger partial charge in [0, 0.05) is 10.0 Å². The van der Waals surface area contributed by atoms with E-state index in [4.69, 9.17) is 4.74 Å². The average molecular weight is 362 g/mol. The van der Waals surface area contributed by atoms with Crippen LogP contribution in [0.4, 0.5) is 5.69 Å². The molecule has 0 saturated heterocycles. The Morgan fingerprint density at radius 1 is 1.23 bits per heavy atom. The maximum Gasteiger partial charge on any atom is 0.255 e. The van der Waals surface area contributed by atoms with Gasteiger partial charge in [-0.1, -0.05) is 26.0 Å². The number of aryl methyl sites for hydroxylation is 1. The Bertz CT molecular complexity index is 668. The summed E-state index contributed by atoms with van der Waals surface area (Å²) in [5.74, 6) is 1.00. The van der Waals surface area contributed by atoms with Gasteiger partial charge in [-0.05, 0) is 64.7 Å². The Morgan fingerprint density at radius 3 is 2.68 bits per heavy atom. The van der Waals surface area contributed by atoms with Gasteiger partial charge in [0.15, 0.2) is 0 Å². The van der Waals surface area contributed by atoms with Crippen molar-refractivity contribution in [3.8, 4) is 5.75 Å². The Kier molecular flexibility index (Phi) is 5.61. The molecule has 2 aromatic rings. The van der Waals surface area contributed by atoms with Crippen LogP contribution in [0, 0.1) is 12.8 Å². The minimum Gasteiger partial charge on any atom is -0.493 e. The zero-order valence-electron chi connectivity index (χ0n) is 13.0. The van der Waals surface area contributed by atoms with E-state index in [0.29, 0.717) is 23.8 Å². The lowest BCUT2D eigenvalue weighted by Gasteiger charge is -2.11. The molecule has 0 fully saturated rings. The zero-order valence-corrected chi connectivity index (χ0v) is 14.6. The van der Waals surface area contributed by atoms with Gasteiger partial charge in [0.25, 0.3) is 5.91 Å². The molecular formula is C18H20BrNO2. The molecule has 0 atom stereocenters. The van der Waals surface area contributed by atoms with E-state index >= 15 is 0 Å². The Morgan fingerprint density at radius 2 is 2.00 bits per heavy atom. The molecule has 1 amide bonds. The predicted octanol–water partition coefficient (Wildman–Crippen LogP) is 5.04. The maximum atomic E-state index is 12.4. The Labute approximate surface area is 139 Å². The van der Waals surface area contributed by atoms with Gasteiger partial charge in [0.1, 0.15) is 5.75 Å². The number of rotatable bonds is 5. The molecule has 0 heterocycles. The van der Waals surface area contributed by atoms with Crippen LogP contribution in [-0.2, 0) is 0 Å². The lowest BCUT2D eigenvalue weighted by Crippen LogP contribution is -2.13. The van der Waals surface area contributed by atoms with E-state index in [9.17, 15) is 4.79 Å². The molecule has 0 bridgehead atoms. The van der Waals surface area contributed by atoms with E-state index in [0.717, 1.165) is 15.7 Å².